The third kappa shape index (κ3) is 4.60. The van der Waals surface area contributed by atoms with Gasteiger partial charge < -0.3 is 15.4 Å². The number of imide groups is 1. The highest BCUT2D eigenvalue weighted by atomic mass is 16.5. The molecule has 0 atom stereocenters. The van der Waals surface area contributed by atoms with Crippen molar-refractivity contribution in [2.24, 2.45) is 0 Å². The molecule has 8 nitrogen and oxygen atoms in total. The molecule has 2 aromatic carbocycles. The molecule has 0 bridgehead atoms. The second kappa shape index (κ2) is 8.55. The van der Waals surface area contributed by atoms with Crippen LogP contribution in [0.4, 0.5) is 4.79 Å². The molecular formula is C21H21N3O5. The minimum Gasteiger partial charge on any atom is -0.440 e. The van der Waals surface area contributed by atoms with Gasteiger partial charge in [0.15, 0.2) is 6.73 Å². The normalized spacial score (nSPS) is 12.7. The molecule has 1 aliphatic heterocycles. The molecule has 0 aliphatic carbocycles. The minimum absolute atomic E-state index is 0.0364. The molecule has 0 saturated heterocycles. The van der Waals surface area contributed by atoms with Crippen LogP contribution < -0.4 is 10.6 Å². The van der Waals surface area contributed by atoms with Gasteiger partial charge in [0.05, 0.1) is 16.7 Å². The maximum Gasteiger partial charge on any atom is 0.339 e. The minimum atomic E-state index is -0.654. The maximum absolute atomic E-state index is 12.3. The Morgan fingerprint density at radius 3 is 2.10 bits per heavy atom. The Balaban J connectivity index is 1.53. The van der Waals surface area contributed by atoms with Gasteiger partial charge in [-0.25, -0.2) is 14.5 Å². The lowest BCUT2D eigenvalue weighted by Crippen LogP contribution is -2.39. The second-order valence-corrected chi connectivity index (χ2v) is 6.82. The van der Waals surface area contributed by atoms with Crippen molar-refractivity contribution in [3.05, 3.63) is 70.8 Å². The summed E-state index contributed by atoms with van der Waals surface area (Å²) in [6, 6.07) is 12.7. The number of ether oxygens (including phenoxy) is 1. The number of esters is 1. The lowest BCUT2D eigenvalue weighted by atomic mass is 10.1. The smallest absolute Gasteiger partial charge is 0.339 e. The second-order valence-electron chi connectivity index (χ2n) is 6.82. The Kier molecular flexibility index (Phi) is 5.92. The van der Waals surface area contributed by atoms with Crippen molar-refractivity contribution in [1.29, 1.82) is 0 Å². The zero-order valence-electron chi connectivity index (χ0n) is 16.1. The van der Waals surface area contributed by atoms with Gasteiger partial charge in [0, 0.05) is 12.6 Å². The fourth-order valence-electron chi connectivity index (χ4n) is 2.82. The molecule has 2 N–H and O–H groups in total. The fraction of sp³-hybridized carbons (Fsp3) is 0.238. The van der Waals surface area contributed by atoms with E-state index in [1.54, 1.807) is 48.5 Å². The summed E-state index contributed by atoms with van der Waals surface area (Å²) in [5.74, 6) is -1.63. The first-order chi connectivity index (χ1) is 13.9. The van der Waals surface area contributed by atoms with Gasteiger partial charge in [-0.05, 0) is 43.7 Å². The molecule has 8 heteroatoms. The molecule has 0 fully saturated rings. The zero-order valence-corrected chi connectivity index (χ0v) is 16.1. The average molecular weight is 395 g/mol. The molecule has 0 spiro atoms. The summed E-state index contributed by atoms with van der Waals surface area (Å²) in [6.07, 6.45) is 0. The standard InChI is InChI=1S/C21H21N3O5/c1-13(2)23-21(28)22-11-14-7-9-15(10-8-14)20(27)29-12-24-18(25)16-5-3-4-6-17(16)19(24)26/h3-10,13H,11-12H2,1-2H3,(H2,22,23,28). The predicted molar refractivity (Wildman–Crippen MR) is 104 cm³/mol. The van der Waals surface area contributed by atoms with E-state index >= 15 is 0 Å². The number of nitrogens with zero attached hydrogens (tertiary/aromatic N) is 1. The van der Waals surface area contributed by atoms with E-state index < -0.39 is 24.5 Å². The van der Waals surface area contributed by atoms with Crippen LogP contribution in [-0.4, -0.2) is 41.5 Å². The summed E-state index contributed by atoms with van der Waals surface area (Å²) in [6.45, 7) is 3.58. The Labute approximate surface area is 167 Å². The molecule has 2 aromatic rings. The van der Waals surface area contributed by atoms with Gasteiger partial charge in [-0.1, -0.05) is 24.3 Å². The number of nitrogens with one attached hydrogen (secondary N) is 2. The Bertz CT molecular complexity index is 918. The first-order valence-electron chi connectivity index (χ1n) is 9.12. The highest BCUT2D eigenvalue weighted by Crippen LogP contribution is 2.22. The molecule has 0 radical (unpaired) electrons. The lowest BCUT2D eigenvalue weighted by molar-refractivity contribution is 0.0228. The zero-order chi connectivity index (χ0) is 21.0. The fourth-order valence-corrected chi connectivity index (χ4v) is 2.82. The monoisotopic (exact) mass is 395 g/mol. The van der Waals surface area contributed by atoms with E-state index in [1.807, 2.05) is 13.8 Å². The van der Waals surface area contributed by atoms with Crippen LogP contribution in [0.25, 0.3) is 0 Å². The first-order valence-corrected chi connectivity index (χ1v) is 9.12. The molecule has 0 aromatic heterocycles. The summed E-state index contributed by atoms with van der Waals surface area (Å²) < 4.78 is 5.13. The summed E-state index contributed by atoms with van der Waals surface area (Å²) >= 11 is 0. The quantitative estimate of drug-likeness (QED) is 0.577. The van der Waals surface area contributed by atoms with Crippen LogP contribution in [0.1, 0.15) is 50.5 Å². The van der Waals surface area contributed by atoms with Crippen LogP contribution in [0.2, 0.25) is 0 Å². The largest absolute Gasteiger partial charge is 0.440 e. The van der Waals surface area contributed by atoms with Crippen LogP contribution in [0.15, 0.2) is 48.5 Å². The number of carbonyl (C=O) groups excluding carboxylic acids is 4. The molecule has 3 rings (SSSR count). The van der Waals surface area contributed by atoms with Crippen LogP contribution in [0, 0.1) is 0 Å². The van der Waals surface area contributed by atoms with Gasteiger partial charge in [0.2, 0.25) is 0 Å². The van der Waals surface area contributed by atoms with Crippen LogP contribution >= 0.6 is 0 Å². The Morgan fingerprint density at radius 2 is 1.55 bits per heavy atom. The van der Waals surface area contributed by atoms with E-state index in [0.717, 1.165) is 10.5 Å². The van der Waals surface area contributed by atoms with Gasteiger partial charge in [0.1, 0.15) is 0 Å². The third-order valence-electron chi connectivity index (χ3n) is 4.27. The number of rotatable bonds is 6. The van der Waals surface area contributed by atoms with Crippen LogP contribution in [0.5, 0.6) is 0 Å². The summed E-state index contributed by atoms with van der Waals surface area (Å²) in [5.41, 5.74) is 1.68. The molecule has 150 valence electrons. The van der Waals surface area contributed by atoms with Gasteiger partial charge >= 0.3 is 12.0 Å². The predicted octanol–water partition coefficient (Wildman–Crippen LogP) is 2.30. The average Bonchev–Trinajstić information content (AvgIpc) is 2.95. The molecule has 29 heavy (non-hydrogen) atoms. The Morgan fingerprint density at radius 1 is 0.966 bits per heavy atom. The van der Waals surface area contributed by atoms with Gasteiger partial charge in [-0.2, -0.15) is 0 Å². The van der Waals surface area contributed by atoms with Crippen LogP contribution in [0.3, 0.4) is 0 Å². The molecule has 0 saturated carbocycles. The summed E-state index contributed by atoms with van der Waals surface area (Å²) in [4.78, 5) is 49.3. The summed E-state index contributed by atoms with van der Waals surface area (Å²) in [5, 5.41) is 5.43. The van der Waals surface area contributed by atoms with E-state index in [4.69, 9.17) is 4.74 Å². The Hall–Kier alpha value is -3.68. The van der Waals surface area contributed by atoms with Crippen molar-refractivity contribution >= 4 is 23.8 Å². The topological polar surface area (TPSA) is 105 Å². The number of amides is 4. The van der Waals surface area contributed by atoms with Crippen LogP contribution in [-0.2, 0) is 11.3 Å². The summed E-state index contributed by atoms with van der Waals surface area (Å²) in [7, 11) is 0. The first kappa shape index (κ1) is 20.1. The number of fused-ring (bicyclic) bond motifs is 1. The van der Waals surface area contributed by atoms with E-state index in [0.29, 0.717) is 17.7 Å². The van der Waals surface area contributed by atoms with E-state index in [1.165, 1.54) is 0 Å². The number of hydrogen-bond donors (Lipinski definition) is 2. The third-order valence-corrected chi connectivity index (χ3v) is 4.27. The van der Waals surface area contributed by atoms with E-state index in [-0.39, 0.29) is 17.6 Å². The maximum atomic E-state index is 12.3. The van der Waals surface area contributed by atoms with Crippen molar-refractivity contribution in [2.75, 3.05) is 6.73 Å². The highest BCUT2D eigenvalue weighted by Gasteiger charge is 2.35. The molecular weight excluding hydrogens is 374 g/mol. The van der Waals surface area contributed by atoms with Crippen molar-refractivity contribution < 1.29 is 23.9 Å². The van der Waals surface area contributed by atoms with Crippen molar-refractivity contribution in [3.8, 4) is 0 Å². The number of benzene rings is 2. The van der Waals surface area contributed by atoms with Crippen molar-refractivity contribution in [1.82, 2.24) is 15.5 Å². The number of urea groups is 1. The van der Waals surface area contributed by atoms with E-state index in [2.05, 4.69) is 10.6 Å². The number of carbonyl (C=O) groups is 4. The van der Waals surface area contributed by atoms with Gasteiger partial charge in [-0.3, -0.25) is 9.59 Å². The van der Waals surface area contributed by atoms with Gasteiger partial charge in [-0.15, -0.1) is 0 Å². The van der Waals surface area contributed by atoms with Crippen molar-refractivity contribution in [3.63, 3.8) is 0 Å². The number of hydrogen-bond acceptors (Lipinski definition) is 5. The SMILES string of the molecule is CC(C)NC(=O)NCc1ccc(C(=O)OCN2C(=O)c3ccccc3C2=O)cc1. The van der Waals surface area contributed by atoms with Crippen molar-refractivity contribution in [2.45, 2.75) is 26.4 Å². The molecule has 1 aliphatic rings. The molecule has 4 amide bonds. The van der Waals surface area contributed by atoms with E-state index in [9.17, 15) is 19.2 Å². The lowest BCUT2D eigenvalue weighted by Gasteiger charge is -2.14. The van der Waals surface area contributed by atoms with Gasteiger partial charge in [0.25, 0.3) is 11.8 Å². The highest BCUT2D eigenvalue weighted by molar-refractivity contribution is 6.21. The molecule has 0 unspecified atom stereocenters. The molecule has 1 heterocycles.